The quantitative estimate of drug-likeness (QED) is 0.517. The van der Waals surface area contributed by atoms with E-state index in [9.17, 15) is 4.79 Å². The normalized spacial score (nSPS) is 10.7. The summed E-state index contributed by atoms with van der Waals surface area (Å²) in [6.45, 7) is 0. The highest BCUT2D eigenvalue weighted by Gasteiger charge is 2.08. The minimum Gasteiger partial charge on any atom is -0.465 e. The van der Waals surface area contributed by atoms with Gasteiger partial charge in [-0.05, 0) is 36.4 Å². The highest BCUT2D eigenvalue weighted by Crippen LogP contribution is 2.26. The van der Waals surface area contributed by atoms with Crippen LogP contribution >= 0.6 is 0 Å². The van der Waals surface area contributed by atoms with Gasteiger partial charge in [0.1, 0.15) is 11.5 Å². The van der Waals surface area contributed by atoms with Crippen LogP contribution in [0.25, 0.3) is 22.3 Å². The van der Waals surface area contributed by atoms with E-state index in [1.807, 2.05) is 31.4 Å². The van der Waals surface area contributed by atoms with Crippen LogP contribution < -0.4 is 4.74 Å². The number of rotatable bonds is 4. The van der Waals surface area contributed by atoms with E-state index in [1.165, 1.54) is 7.11 Å². The lowest BCUT2D eigenvalue weighted by molar-refractivity contribution is 0.0600. The number of carbonyl (C=O) groups is 1. The highest BCUT2D eigenvalue weighted by molar-refractivity contribution is 5.89. The Bertz CT molecular complexity index is 1120. The van der Waals surface area contributed by atoms with Crippen molar-refractivity contribution in [2.75, 3.05) is 7.11 Å². The van der Waals surface area contributed by atoms with Crippen LogP contribution in [-0.2, 0) is 11.8 Å². The fraction of sp³-hybridized carbons (Fsp3) is 0.100. The molecule has 0 aliphatic rings. The molecule has 7 heteroatoms. The molecule has 7 nitrogen and oxygen atoms in total. The summed E-state index contributed by atoms with van der Waals surface area (Å²) in [5, 5.41) is 4.16. The van der Waals surface area contributed by atoms with Gasteiger partial charge in [-0.3, -0.25) is 9.67 Å². The molecular formula is C20H16N4O3. The van der Waals surface area contributed by atoms with Crippen molar-refractivity contribution in [3.05, 3.63) is 66.6 Å². The predicted octanol–water partition coefficient (Wildman–Crippen LogP) is 3.61. The zero-order valence-electron chi connectivity index (χ0n) is 14.8. The van der Waals surface area contributed by atoms with Gasteiger partial charge in [0.15, 0.2) is 0 Å². The monoisotopic (exact) mass is 360 g/mol. The van der Waals surface area contributed by atoms with Gasteiger partial charge in [0.05, 0.1) is 41.8 Å². The Morgan fingerprint density at radius 2 is 1.78 bits per heavy atom. The van der Waals surface area contributed by atoms with E-state index in [0.29, 0.717) is 17.1 Å². The van der Waals surface area contributed by atoms with Gasteiger partial charge in [-0.15, -0.1) is 0 Å². The Kier molecular flexibility index (Phi) is 4.25. The molecule has 0 atom stereocenters. The number of nitrogens with zero attached hydrogens (tertiary/aromatic N) is 4. The van der Waals surface area contributed by atoms with Crippen molar-refractivity contribution in [1.82, 2.24) is 19.7 Å². The third kappa shape index (κ3) is 3.48. The van der Waals surface area contributed by atoms with Crippen molar-refractivity contribution in [3.63, 3.8) is 0 Å². The number of esters is 1. The summed E-state index contributed by atoms with van der Waals surface area (Å²) in [6.07, 6.45) is 5.36. The van der Waals surface area contributed by atoms with Crippen molar-refractivity contribution in [2.45, 2.75) is 0 Å². The Labute approximate surface area is 155 Å². The molecule has 134 valence electrons. The van der Waals surface area contributed by atoms with E-state index in [2.05, 4.69) is 15.1 Å². The Morgan fingerprint density at radius 3 is 2.48 bits per heavy atom. The molecule has 2 heterocycles. The van der Waals surface area contributed by atoms with Crippen LogP contribution in [0.1, 0.15) is 10.4 Å². The second-order valence-electron chi connectivity index (χ2n) is 5.93. The molecule has 0 aliphatic carbocycles. The van der Waals surface area contributed by atoms with Crippen LogP contribution in [0.4, 0.5) is 0 Å². The number of ether oxygens (including phenoxy) is 2. The van der Waals surface area contributed by atoms with Gasteiger partial charge < -0.3 is 9.47 Å². The predicted molar refractivity (Wildman–Crippen MR) is 99.6 cm³/mol. The lowest BCUT2D eigenvalue weighted by Gasteiger charge is -2.07. The van der Waals surface area contributed by atoms with Crippen molar-refractivity contribution >= 4 is 17.0 Å². The van der Waals surface area contributed by atoms with Gasteiger partial charge in [0, 0.05) is 24.9 Å². The van der Waals surface area contributed by atoms with Gasteiger partial charge in [0.25, 0.3) is 0 Å². The van der Waals surface area contributed by atoms with Crippen LogP contribution in [0.15, 0.2) is 61.1 Å². The first-order valence-corrected chi connectivity index (χ1v) is 8.24. The first-order valence-electron chi connectivity index (χ1n) is 8.24. The molecule has 0 spiro atoms. The maximum absolute atomic E-state index is 11.5. The van der Waals surface area contributed by atoms with Gasteiger partial charge in [-0.25, -0.2) is 9.78 Å². The fourth-order valence-electron chi connectivity index (χ4n) is 2.66. The van der Waals surface area contributed by atoms with Crippen molar-refractivity contribution in [1.29, 1.82) is 0 Å². The number of fused-ring (bicyclic) bond motifs is 1. The van der Waals surface area contributed by atoms with Crippen molar-refractivity contribution in [3.8, 4) is 22.8 Å². The number of methoxy groups -OCH3 is 1. The van der Waals surface area contributed by atoms with E-state index < -0.39 is 0 Å². The molecule has 0 bridgehead atoms. The molecule has 4 aromatic rings. The van der Waals surface area contributed by atoms with Gasteiger partial charge in [-0.2, -0.15) is 5.10 Å². The highest BCUT2D eigenvalue weighted by atomic mass is 16.5. The summed E-state index contributed by atoms with van der Waals surface area (Å²) in [5.74, 6) is 0.856. The summed E-state index contributed by atoms with van der Waals surface area (Å²) in [5.41, 5.74) is 3.61. The summed E-state index contributed by atoms with van der Waals surface area (Å²) >= 11 is 0. The first kappa shape index (κ1) is 16.7. The maximum atomic E-state index is 11.5. The van der Waals surface area contributed by atoms with Gasteiger partial charge in [-0.1, -0.05) is 0 Å². The minimum atomic E-state index is -0.384. The molecule has 0 amide bonds. The minimum absolute atomic E-state index is 0.384. The number of carbonyl (C=O) groups excluding carboxylic acids is 1. The van der Waals surface area contributed by atoms with Crippen LogP contribution in [-0.4, -0.2) is 32.8 Å². The van der Waals surface area contributed by atoms with Crippen LogP contribution in [0.3, 0.4) is 0 Å². The lowest BCUT2D eigenvalue weighted by atomic mass is 10.2. The smallest absolute Gasteiger partial charge is 0.337 e. The molecule has 0 unspecified atom stereocenters. The second-order valence-corrected chi connectivity index (χ2v) is 5.93. The molecule has 4 rings (SSSR count). The van der Waals surface area contributed by atoms with Crippen molar-refractivity contribution < 1.29 is 14.3 Å². The molecular weight excluding hydrogens is 344 g/mol. The molecule has 0 saturated heterocycles. The average molecular weight is 360 g/mol. The van der Waals surface area contributed by atoms with Gasteiger partial charge >= 0.3 is 5.97 Å². The SMILES string of the molecule is COC(=O)c1ccc(Oc2ccc3ncc(-c4cnn(C)c4)nc3c2)cc1. The zero-order valence-corrected chi connectivity index (χ0v) is 14.8. The molecule has 0 radical (unpaired) electrons. The van der Waals surface area contributed by atoms with Crippen LogP contribution in [0, 0.1) is 0 Å². The van der Waals surface area contributed by atoms with Gasteiger partial charge in [0.2, 0.25) is 0 Å². The van der Waals surface area contributed by atoms with Crippen LogP contribution in [0.5, 0.6) is 11.5 Å². The summed E-state index contributed by atoms with van der Waals surface area (Å²) in [6, 6.07) is 12.3. The molecule has 0 saturated carbocycles. The average Bonchev–Trinajstić information content (AvgIpc) is 3.14. The Morgan fingerprint density at radius 1 is 1.00 bits per heavy atom. The zero-order chi connectivity index (χ0) is 18.8. The van der Waals surface area contributed by atoms with E-state index in [4.69, 9.17) is 9.47 Å². The summed E-state index contributed by atoms with van der Waals surface area (Å²) < 4.78 is 12.3. The number of aryl methyl sites for hydroxylation is 1. The van der Waals surface area contributed by atoms with Crippen LogP contribution in [0.2, 0.25) is 0 Å². The largest absolute Gasteiger partial charge is 0.465 e. The number of aromatic nitrogens is 4. The first-order chi connectivity index (χ1) is 13.1. The Balaban J connectivity index is 1.61. The molecule has 0 aliphatic heterocycles. The molecule has 2 aromatic heterocycles. The summed E-state index contributed by atoms with van der Waals surface area (Å²) in [7, 11) is 3.21. The van der Waals surface area contributed by atoms with E-state index >= 15 is 0 Å². The topological polar surface area (TPSA) is 79.1 Å². The Hall–Kier alpha value is -3.74. The third-order valence-corrected chi connectivity index (χ3v) is 4.03. The van der Waals surface area contributed by atoms with E-state index in [-0.39, 0.29) is 5.97 Å². The van der Waals surface area contributed by atoms with Crippen molar-refractivity contribution in [2.24, 2.45) is 7.05 Å². The molecule has 27 heavy (non-hydrogen) atoms. The fourth-order valence-corrected chi connectivity index (χ4v) is 2.66. The number of hydrogen-bond donors (Lipinski definition) is 0. The summed E-state index contributed by atoms with van der Waals surface area (Å²) in [4.78, 5) is 20.6. The third-order valence-electron chi connectivity index (χ3n) is 4.03. The molecule has 0 fully saturated rings. The maximum Gasteiger partial charge on any atom is 0.337 e. The standard InChI is InChI=1S/C20H16N4O3/c1-24-12-14(10-22-24)19-11-21-17-8-7-16(9-18(17)23-19)27-15-5-3-13(4-6-15)20(25)26-2/h3-12H,1-2H3. The number of benzene rings is 2. The molecule has 0 N–H and O–H groups in total. The van der Waals surface area contributed by atoms with E-state index in [0.717, 1.165) is 22.3 Å². The number of hydrogen-bond acceptors (Lipinski definition) is 6. The van der Waals surface area contributed by atoms with E-state index in [1.54, 1.807) is 41.3 Å². The second kappa shape index (κ2) is 6.87. The lowest BCUT2D eigenvalue weighted by Crippen LogP contribution is -2.00. The molecule has 2 aromatic carbocycles.